The van der Waals surface area contributed by atoms with Crippen molar-refractivity contribution in [3.63, 3.8) is 0 Å². The van der Waals surface area contributed by atoms with Crippen LogP contribution in [0.4, 0.5) is 30.5 Å². The van der Waals surface area contributed by atoms with E-state index in [1.54, 1.807) is 37.9 Å². The third-order valence-electron chi connectivity index (χ3n) is 10.5. The molecule has 0 spiro atoms. The summed E-state index contributed by atoms with van der Waals surface area (Å²) < 4.78 is 45.3. The van der Waals surface area contributed by atoms with Gasteiger partial charge in [-0.1, -0.05) is 0 Å². The predicted octanol–water partition coefficient (Wildman–Crippen LogP) is 4.22. The van der Waals surface area contributed by atoms with E-state index in [2.05, 4.69) is 40.2 Å². The van der Waals surface area contributed by atoms with Gasteiger partial charge in [0.1, 0.15) is 11.6 Å². The summed E-state index contributed by atoms with van der Waals surface area (Å²) in [6, 6.07) is 12.3. The standard InChI is InChI=1S/C39H41F3N10O5S/c1-38(2,57)21-50-18-22(16-44-50)33-30(39(40,41)42)17-43-37(48-33)46-23-3-6-27(7-4-23)58-51-13-11-24(12-14-51)45-25-19-49(20-25)26-5-8-28-29(15-26)36(56)52(35(28)55)31-9-10-32(53)47-34(31)54/h3-8,15-18,24-25,31,45,57H,9-14,19-21H2,1-2H3,(H,43,46,48)(H,47,53,54). The topological polar surface area (TPSA) is 178 Å². The van der Waals surface area contributed by atoms with Crippen molar-refractivity contribution in [2.45, 2.75) is 80.9 Å². The van der Waals surface area contributed by atoms with E-state index < -0.39 is 47.0 Å². The molecule has 2 aromatic heterocycles. The third-order valence-corrected chi connectivity index (χ3v) is 11.6. The molecule has 3 saturated heterocycles. The lowest BCUT2D eigenvalue weighted by atomic mass is 10.0. The van der Waals surface area contributed by atoms with Gasteiger partial charge in [0, 0.05) is 78.9 Å². The summed E-state index contributed by atoms with van der Waals surface area (Å²) in [7, 11) is 0. The molecule has 4 amide bonds. The van der Waals surface area contributed by atoms with Crippen LogP contribution in [0.5, 0.6) is 0 Å². The molecule has 0 bridgehead atoms. The summed E-state index contributed by atoms with van der Waals surface area (Å²) >= 11 is 1.64. The number of hydrogen-bond donors (Lipinski definition) is 4. The number of anilines is 3. The summed E-state index contributed by atoms with van der Waals surface area (Å²) in [6.07, 6.45) is 0.875. The molecule has 304 valence electrons. The maximum atomic E-state index is 13.9. The van der Waals surface area contributed by atoms with Gasteiger partial charge in [-0.15, -0.1) is 0 Å². The molecule has 4 aliphatic heterocycles. The molecule has 1 unspecified atom stereocenters. The van der Waals surface area contributed by atoms with E-state index >= 15 is 0 Å². The number of carbonyl (C=O) groups is 4. The number of piperidine rings is 2. The van der Waals surface area contributed by atoms with Crippen LogP contribution in [0.2, 0.25) is 0 Å². The van der Waals surface area contributed by atoms with Gasteiger partial charge in [-0.25, -0.2) is 14.3 Å². The minimum absolute atomic E-state index is 0.0000326. The normalized spacial score (nSPS) is 19.7. The molecule has 0 radical (unpaired) electrons. The largest absolute Gasteiger partial charge is 0.419 e. The molecule has 6 heterocycles. The van der Waals surface area contributed by atoms with Gasteiger partial charge in [-0.05, 0) is 87.5 Å². The van der Waals surface area contributed by atoms with Gasteiger partial charge in [0.25, 0.3) is 11.8 Å². The second-order valence-electron chi connectivity index (χ2n) is 15.6. The molecular formula is C39H41F3N10O5S. The van der Waals surface area contributed by atoms with Crippen LogP contribution in [0, 0.1) is 0 Å². The number of nitrogens with one attached hydrogen (secondary N) is 3. The molecule has 1 atom stereocenters. The highest BCUT2D eigenvalue weighted by Gasteiger charge is 2.45. The Morgan fingerprint density at radius 3 is 2.34 bits per heavy atom. The molecule has 4 N–H and O–H groups in total. The van der Waals surface area contributed by atoms with Crippen LogP contribution >= 0.6 is 11.9 Å². The maximum absolute atomic E-state index is 13.9. The maximum Gasteiger partial charge on any atom is 0.419 e. The van der Waals surface area contributed by atoms with E-state index in [0.717, 1.165) is 60.7 Å². The summed E-state index contributed by atoms with van der Waals surface area (Å²) in [5.74, 6) is -2.08. The average molecular weight is 819 g/mol. The second-order valence-corrected chi connectivity index (χ2v) is 16.8. The molecule has 2 aromatic carbocycles. The number of alkyl halides is 3. The summed E-state index contributed by atoms with van der Waals surface area (Å²) in [4.78, 5) is 62.5. The van der Waals surface area contributed by atoms with Crippen molar-refractivity contribution >= 4 is 52.9 Å². The monoisotopic (exact) mass is 818 g/mol. The number of aromatic nitrogens is 4. The Morgan fingerprint density at radius 2 is 1.66 bits per heavy atom. The molecule has 8 rings (SSSR count). The van der Waals surface area contributed by atoms with Gasteiger partial charge in [-0.3, -0.25) is 34.1 Å². The fourth-order valence-electron chi connectivity index (χ4n) is 7.61. The van der Waals surface area contributed by atoms with Crippen molar-refractivity contribution in [1.82, 2.24) is 39.6 Å². The third kappa shape index (κ3) is 8.43. The molecule has 4 aliphatic rings. The molecule has 58 heavy (non-hydrogen) atoms. The van der Waals surface area contributed by atoms with Crippen LogP contribution in [-0.2, 0) is 22.3 Å². The average Bonchev–Trinajstić information content (AvgIpc) is 3.70. The number of hydrogen-bond acceptors (Lipinski definition) is 13. The van der Waals surface area contributed by atoms with Crippen molar-refractivity contribution in [2.75, 3.05) is 36.4 Å². The lowest BCUT2D eigenvalue weighted by molar-refractivity contribution is -0.138. The van der Waals surface area contributed by atoms with Gasteiger partial charge >= 0.3 is 6.18 Å². The van der Waals surface area contributed by atoms with E-state index in [4.69, 9.17) is 0 Å². The Bertz CT molecular complexity index is 2250. The number of rotatable bonds is 11. The molecule has 15 nitrogen and oxygen atoms in total. The first-order valence-electron chi connectivity index (χ1n) is 18.9. The van der Waals surface area contributed by atoms with Gasteiger partial charge in [0.15, 0.2) is 0 Å². The minimum atomic E-state index is -4.68. The first kappa shape index (κ1) is 39.5. The fraction of sp³-hybridized carbons (Fsp3) is 0.410. The number of imide groups is 2. The number of carbonyl (C=O) groups excluding carboxylic acids is 4. The van der Waals surface area contributed by atoms with Crippen LogP contribution in [-0.4, -0.2) is 108 Å². The van der Waals surface area contributed by atoms with Gasteiger partial charge in [0.05, 0.1) is 35.2 Å². The number of halogens is 3. The number of aliphatic hydroxyl groups is 1. The van der Waals surface area contributed by atoms with Gasteiger partial charge in [-0.2, -0.15) is 18.3 Å². The van der Waals surface area contributed by atoms with Crippen LogP contribution < -0.4 is 20.9 Å². The summed E-state index contributed by atoms with van der Waals surface area (Å²) in [6.45, 7) is 6.50. The van der Waals surface area contributed by atoms with Crippen LogP contribution in [0.1, 0.15) is 65.8 Å². The minimum Gasteiger partial charge on any atom is -0.389 e. The molecule has 0 saturated carbocycles. The SMILES string of the molecule is CC(C)(O)Cn1cc(-c2nc(Nc3ccc(SN4CCC(NC5CN(c6ccc7c(c6)C(=O)N(C6CCC(=O)NC6=O)C7=O)C5)CC4)cc3)ncc2C(F)(F)F)cn1. The number of fused-ring (bicyclic) bond motifs is 1. The first-order chi connectivity index (χ1) is 27.6. The van der Waals surface area contributed by atoms with Crippen molar-refractivity contribution in [1.29, 1.82) is 0 Å². The highest BCUT2D eigenvalue weighted by atomic mass is 32.2. The smallest absolute Gasteiger partial charge is 0.389 e. The highest BCUT2D eigenvalue weighted by molar-refractivity contribution is 7.97. The lowest BCUT2D eigenvalue weighted by Gasteiger charge is -2.44. The Balaban J connectivity index is 0.803. The zero-order valence-corrected chi connectivity index (χ0v) is 32.4. The number of benzene rings is 2. The van der Waals surface area contributed by atoms with Crippen LogP contribution in [0.25, 0.3) is 11.3 Å². The lowest BCUT2D eigenvalue weighted by Crippen LogP contribution is -2.61. The van der Waals surface area contributed by atoms with Crippen molar-refractivity contribution in [3.8, 4) is 11.3 Å². The quantitative estimate of drug-likeness (QED) is 0.125. The fourth-order valence-corrected chi connectivity index (χ4v) is 8.56. The summed E-state index contributed by atoms with van der Waals surface area (Å²) in [5, 5.41) is 23.2. The first-order valence-corrected chi connectivity index (χ1v) is 19.7. The highest BCUT2D eigenvalue weighted by Crippen LogP contribution is 2.37. The van der Waals surface area contributed by atoms with E-state index in [9.17, 15) is 37.5 Å². The van der Waals surface area contributed by atoms with Gasteiger partial charge < -0.3 is 20.6 Å². The van der Waals surface area contributed by atoms with E-state index in [-0.39, 0.29) is 53.8 Å². The predicted molar refractivity (Wildman–Crippen MR) is 207 cm³/mol. The van der Waals surface area contributed by atoms with E-state index in [0.29, 0.717) is 11.7 Å². The number of nitrogens with zero attached hydrogens (tertiary/aromatic N) is 7. The molecule has 4 aromatic rings. The molecule has 3 fully saturated rings. The second kappa shape index (κ2) is 15.4. The number of amides is 4. The zero-order valence-electron chi connectivity index (χ0n) is 31.6. The van der Waals surface area contributed by atoms with Crippen molar-refractivity contribution in [2.24, 2.45) is 0 Å². The van der Waals surface area contributed by atoms with E-state index in [1.165, 1.54) is 17.1 Å². The summed E-state index contributed by atoms with van der Waals surface area (Å²) in [5.41, 5.74) is -0.284. The van der Waals surface area contributed by atoms with Crippen LogP contribution in [0.15, 0.2) is 66.0 Å². The Kier molecular flexibility index (Phi) is 10.5. The molecule has 0 aliphatic carbocycles. The van der Waals surface area contributed by atoms with Crippen molar-refractivity contribution in [3.05, 3.63) is 77.7 Å². The van der Waals surface area contributed by atoms with Crippen molar-refractivity contribution < 1.29 is 37.5 Å². The Hall–Kier alpha value is -5.37. The Labute approximate surface area is 335 Å². The van der Waals surface area contributed by atoms with Crippen LogP contribution in [0.3, 0.4) is 0 Å². The molecular weight excluding hydrogens is 778 g/mol. The van der Waals surface area contributed by atoms with Gasteiger partial charge in [0.2, 0.25) is 17.8 Å². The zero-order chi connectivity index (χ0) is 40.9. The molecule has 19 heteroatoms. The van der Waals surface area contributed by atoms with E-state index in [1.807, 2.05) is 30.3 Å². The Morgan fingerprint density at radius 1 is 0.931 bits per heavy atom.